The maximum absolute atomic E-state index is 13.7. The van der Waals surface area contributed by atoms with Gasteiger partial charge in [0.1, 0.15) is 23.5 Å². The van der Waals surface area contributed by atoms with Crippen LogP contribution in [0.2, 0.25) is 0 Å². The Morgan fingerprint density at radius 1 is 1.07 bits per heavy atom. The van der Waals surface area contributed by atoms with Crippen LogP contribution in [-0.4, -0.2) is 26.6 Å². The third-order valence-electron chi connectivity index (χ3n) is 4.69. The quantitative estimate of drug-likeness (QED) is 0.508. The maximum atomic E-state index is 13.7. The first-order valence-electron chi connectivity index (χ1n) is 8.47. The van der Waals surface area contributed by atoms with Crippen molar-refractivity contribution in [1.29, 1.82) is 0 Å². The zero-order valence-corrected chi connectivity index (χ0v) is 14.5. The summed E-state index contributed by atoms with van der Waals surface area (Å²) in [6, 6.07) is 14.5. The molecule has 0 atom stereocenters. The molecule has 5 rings (SSSR count). The molecule has 3 aromatic heterocycles. The summed E-state index contributed by atoms with van der Waals surface area (Å²) in [6.07, 6.45) is 5.33. The van der Waals surface area contributed by atoms with Gasteiger partial charge in [-0.05, 0) is 42.0 Å². The van der Waals surface area contributed by atoms with Crippen LogP contribution >= 0.6 is 0 Å². The topological polar surface area (TPSA) is 55.7 Å². The van der Waals surface area contributed by atoms with Crippen molar-refractivity contribution >= 4 is 22.1 Å². The van der Waals surface area contributed by atoms with Crippen molar-refractivity contribution in [2.24, 2.45) is 0 Å². The number of nitrogens with zero attached hydrogens (tertiary/aromatic N) is 3. The molecule has 0 spiro atoms. The van der Waals surface area contributed by atoms with Crippen molar-refractivity contribution in [1.82, 2.24) is 19.5 Å². The molecule has 0 unspecified atom stereocenters. The average molecular weight is 358 g/mol. The van der Waals surface area contributed by atoms with Gasteiger partial charge in [-0.25, -0.2) is 14.4 Å². The van der Waals surface area contributed by atoms with Crippen LogP contribution in [0.25, 0.3) is 38.9 Å². The van der Waals surface area contributed by atoms with E-state index in [2.05, 4.69) is 21.0 Å². The number of rotatable bonds is 3. The molecular formula is C21H15FN4O. The van der Waals surface area contributed by atoms with Crippen LogP contribution in [0.3, 0.4) is 0 Å². The molecule has 0 fully saturated rings. The lowest BCUT2D eigenvalue weighted by molar-refractivity contribution is 0.414. The second-order valence-corrected chi connectivity index (χ2v) is 6.27. The molecule has 2 aromatic carbocycles. The maximum Gasteiger partial charge on any atom is 0.138 e. The van der Waals surface area contributed by atoms with E-state index in [0.717, 1.165) is 38.9 Å². The van der Waals surface area contributed by atoms with Crippen molar-refractivity contribution in [2.75, 3.05) is 7.11 Å². The van der Waals surface area contributed by atoms with Crippen molar-refractivity contribution in [2.45, 2.75) is 0 Å². The Bertz CT molecular complexity index is 1290. The van der Waals surface area contributed by atoms with Crippen LogP contribution in [0.15, 0.2) is 67.3 Å². The smallest absolute Gasteiger partial charge is 0.138 e. The van der Waals surface area contributed by atoms with Gasteiger partial charge in [-0.3, -0.25) is 4.57 Å². The molecule has 132 valence electrons. The number of nitrogens with one attached hydrogen (secondary N) is 1. The van der Waals surface area contributed by atoms with Gasteiger partial charge in [-0.15, -0.1) is 0 Å². The van der Waals surface area contributed by atoms with Gasteiger partial charge in [0.25, 0.3) is 0 Å². The molecule has 6 heteroatoms. The normalized spacial score (nSPS) is 11.3. The second kappa shape index (κ2) is 5.95. The SMILES string of the molecule is COc1cnc2[nH]cc(-c3ccc4ncn(-c5cccc(F)c5)c4c3)c2c1. The number of aromatic nitrogens is 4. The Morgan fingerprint density at radius 2 is 2.00 bits per heavy atom. The summed E-state index contributed by atoms with van der Waals surface area (Å²) in [5, 5.41) is 0.977. The van der Waals surface area contributed by atoms with E-state index in [4.69, 9.17) is 4.74 Å². The summed E-state index contributed by atoms with van der Waals surface area (Å²) in [4.78, 5) is 12.0. The van der Waals surface area contributed by atoms with E-state index in [1.165, 1.54) is 12.1 Å². The number of imidazole rings is 1. The minimum Gasteiger partial charge on any atom is -0.495 e. The van der Waals surface area contributed by atoms with Crippen LogP contribution < -0.4 is 4.74 Å². The molecule has 0 aliphatic carbocycles. The summed E-state index contributed by atoms with van der Waals surface area (Å²) in [6.45, 7) is 0. The van der Waals surface area contributed by atoms with Crippen LogP contribution in [0, 0.1) is 5.82 Å². The third-order valence-corrected chi connectivity index (χ3v) is 4.69. The Hall–Kier alpha value is -3.67. The number of hydrogen-bond acceptors (Lipinski definition) is 3. The number of benzene rings is 2. The summed E-state index contributed by atoms with van der Waals surface area (Å²) in [5.74, 6) is 0.425. The molecule has 0 aliphatic rings. The summed E-state index contributed by atoms with van der Waals surface area (Å²) < 4.78 is 20.8. The van der Waals surface area contributed by atoms with E-state index in [1.54, 1.807) is 25.7 Å². The van der Waals surface area contributed by atoms with E-state index in [0.29, 0.717) is 5.75 Å². The van der Waals surface area contributed by atoms with Gasteiger partial charge in [0.05, 0.1) is 30.0 Å². The number of H-pyrrole nitrogens is 1. The van der Waals surface area contributed by atoms with Crippen molar-refractivity contribution in [3.63, 3.8) is 0 Å². The molecule has 3 heterocycles. The van der Waals surface area contributed by atoms with Gasteiger partial charge in [0.2, 0.25) is 0 Å². The van der Waals surface area contributed by atoms with E-state index in [9.17, 15) is 4.39 Å². The molecule has 5 aromatic rings. The molecule has 1 N–H and O–H groups in total. The van der Waals surface area contributed by atoms with Gasteiger partial charge < -0.3 is 9.72 Å². The third kappa shape index (κ3) is 2.54. The summed E-state index contributed by atoms with van der Waals surface area (Å²) in [5.41, 5.74) is 5.32. The minimum atomic E-state index is -0.277. The highest BCUT2D eigenvalue weighted by Crippen LogP contribution is 2.32. The Morgan fingerprint density at radius 3 is 2.85 bits per heavy atom. The van der Waals surface area contributed by atoms with Gasteiger partial charge in [-0.2, -0.15) is 0 Å². The molecule has 5 nitrogen and oxygen atoms in total. The largest absolute Gasteiger partial charge is 0.495 e. The van der Waals surface area contributed by atoms with Crippen LogP contribution in [-0.2, 0) is 0 Å². The number of aromatic amines is 1. The summed E-state index contributed by atoms with van der Waals surface area (Å²) >= 11 is 0. The monoisotopic (exact) mass is 358 g/mol. The zero-order valence-electron chi connectivity index (χ0n) is 14.5. The molecular weight excluding hydrogens is 343 g/mol. The molecule has 0 aliphatic heterocycles. The standard InChI is InChI=1S/C21H15FN4O/c1-27-16-9-17-18(11-24-21(17)23-10-16)13-5-6-19-20(7-13)26(12-25-19)15-4-2-3-14(22)8-15/h2-12H,1H3,(H,23,24). The van der Waals surface area contributed by atoms with E-state index in [1.807, 2.05) is 35.0 Å². The Labute approximate surface area is 154 Å². The van der Waals surface area contributed by atoms with Gasteiger partial charge in [-0.1, -0.05) is 12.1 Å². The molecule has 0 saturated heterocycles. The van der Waals surface area contributed by atoms with Crippen LogP contribution in [0.1, 0.15) is 0 Å². The number of methoxy groups -OCH3 is 1. The molecule has 0 radical (unpaired) electrons. The first kappa shape index (κ1) is 15.6. The van der Waals surface area contributed by atoms with Crippen molar-refractivity contribution in [3.05, 3.63) is 73.1 Å². The van der Waals surface area contributed by atoms with Crippen molar-refractivity contribution < 1.29 is 9.13 Å². The van der Waals surface area contributed by atoms with Crippen LogP contribution in [0.5, 0.6) is 5.75 Å². The highest BCUT2D eigenvalue weighted by atomic mass is 19.1. The van der Waals surface area contributed by atoms with Crippen LogP contribution in [0.4, 0.5) is 4.39 Å². The fraction of sp³-hybridized carbons (Fsp3) is 0.0476. The van der Waals surface area contributed by atoms with E-state index < -0.39 is 0 Å². The fourth-order valence-corrected chi connectivity index (χ4v) is 3.34. The van der Waals surface area contributed by atoms with Gasteiger partial charge in [0, 0.05) is 17.1 Å². The number of halogens is 1. The molecule has 0 saturated carbocycles. The molecule has 27 heavy (non-hydrogen) atoms. The average Bonchev–Trinajstić information content (AvgIpc) is 3.31. The fourth-order valence-electron chi connectivity index (χ4n) is 3.34. The van der Waals surface area contributed by atoms with E-state index >= 15 is 0 Å². The highest BCUT2D eigenvalue weighted by molar-refractivity contribution is 5.96. The zero-order chi connectivity index (χ0) is 18.4. The number of pyridine rings is 1. The lowest BCUT2D eigenvalue weighted by Crippen LogP contribution is -1.92. The Balaban J connectivity index is 1.70. The van der Waals surface area contributed by atoms with Gasteiger partial charge in [0.15, 0.2) is 0 Å². The molecule has 0 bridgehead atoms. The highest BCUT2D eigenvalue weighted by Gasteiger charge is 2.12. The Kier molecular flexibility index (Phi) is 3.43. The second-order valence-electron chi connectivity index (χ2n) is 6.27. The first-order valence-corrected chi connectivity index (χ1v) is 8.47. The predicted octanol–water partition coefficient (Wildman–Crippen LogP) is 4.72. The molecule has 0 amide bonds. The lowest BCUT2D eigenvalue weighted by Gasteiger charge is -2.06. The lowest BCUT2D eigenvalue weighted by atomic mass is 10.1. The predicted molar refractivity (Wildman–Crippen MR) is 103 cm³/mol. The minimum absolute atomic E-state index is 0.277. The first-order chi connectivity index (χ1) is 13.2. The van der Waals surface area contributed by atoms with Crippen molar-refractivity contribution in [3.8, 4) is 22.6 Å². The number of hydrogen-bond donors (Lipinski definition) is 1. The number of ether oxygens (including phenoxy) is 1. The number of fused-ring (bicyclic) bond motifs is 2. The van der Waals surface area contributed by atoms with Gasteiger partial charge >= 0.3 is 0 Å². The van der Waals surface area contributed by atoms with E-state index in [-0.39, 0.29) is 5.82 Å². The summed E-state index contributed by atoms with van der Waals surface area (Å²) in [7, 11) is 1.62.